The third-order valence-corrected chi connectivity index (χ3v) is 4.32. The van der Waals surface area contributed by atoms with Crippen LogP contribution in [0.4, 0.5) is 9.18 Å². The summed E-state index contributed by atoms with van der Waals surface area (Å²) in [6.45, 7) is 1.84. The highest BCUT2D eigenvalue weighted by molar-refractivity contribution is 5.98. The van der Waals surface area contributed by atoms with E-state index in [-0.39, 0.29) is 12.4 Å². The summed E-state index contributed by atoms with van der Waals surface area (Å²) in [5, 5.41) is 12.9. The molecule has 0 aliphatic rings. The summed E-state index contributed by atoms with van der Waals surface area (Å²) < 4.78 is 20.5. The SMILES string of the molecule is COC(=O)N/N=C(\C)c1ccc2nnn(Cc3cc4cccnc4cc3F)c2n1. The molecule has 1 N–H and O–H groups in total. The van der Waals surface area contributed by atoms with Gasteiger partial charge in [-0.25, -0.2) is 24.3 Å². The second-order valence-electron chi connectivity index (χ2n) is 6.23. The van der Waals surface area contributed by atoms with Crippen molar-refractivity contribution >= 4 is 33.9 Å². The minimum atomic E-state index is -0.682. The van der Waals surface area contributed by atoms with Crippen molar-refractivity contribution in [3.8, 4) is 0 Å². The number of nitrogens with one attached hydrogen (secondary N) is 1. The van der Waals surface area contributed by atoms with Crippen LogP contribution in [0.5, 0.6) is 0 Å². The maximum Gasteiger partial charge on any atom is 0.427 e. The van der Waals surface area contributed by atoms with E-state index in [1.807, 2.05) is 6.07 Å². The van der Waals surface area contributed by atoms with Gasteiger partial charge in [0, 0.05) is 23.2 Å². The third-order valence-electron chi connectivity index (χ3n) is 4.32. The lowest BCUT2D eigenvalue weighted by molar-refractivity contribution is 0.171. The van der Waals surface area contributed by atoms with Crippen molar-refractivity contribution in [1.29, 1.82) is 0 Å². The van der Waals surface area contributed by atoms with E-state index in [2.05, 4.69) is 35.5 Å². The van der Waals surface area contributed by atoms with Gasteiger partial charge >= 0.3 is 6.09 Å². The number of benzene rings is 1. The van der Waals surface area contributed by atoms with E-state index in [1.54, 1.807) is 37.4 Å². The van der Waals surface area contributed by atoms with Crippen LogP contribution in [0.2, 0.25) is 0 Å². The van der Waals surface area contributed by atoms with Gasteiger partial charge in [0.05, 0.1) is 30.6 Å². The topological polar surface area (TPSA) is 107 Å². The van der Waals surface area contributed by atoms with E-state index in [9.17, 15) is 9.18 Å². The van der Waals surface area contributed by atoms with E-state index in [0.29, 0.717) is 33.6 Å². The Balaban J connectivity index is 1.68. The van der Waals surface area contributed by atoms with Crippen molar-refractivity contribution in [3.05, 3.63) is 59.7 Å². The molecule has 0 fully saturated rings. The molecule has 0 saturated heterocycles. The second-order valence-corrected chi connectivity index (χ2v) is 6.23. The molecular weight excluding hydrogens is 377 g/mol. The van der Waals surface area contributed by atoms with Crippen LogP contribution in [0.25, 0.3) is 22.1 Å². The fourth-order valence-corrected chi connectivity index (χ4v) is 2.82. The zero-order valence-electron chi connectivity index (χ0n) is 15.6. The van der Waals surface area contributed by atoms with Crippen LogP contribution < -0.4 is 5.43 Å². The fourth-order valence-electron chi connectivity index (χ4n) is 2.82. The number of fused-ring (bicyclic) bond motifs is 2. The van der Waals surface area contributed by atoms with Crippen LogP contribution >= 0.6 is 0 Å². The van der Waals surface area contributed by atoms with Gasteiger partial charge in [-0.15, -0.1) is 5.10 Å². The predicted molar refractivity (Wildman–Crippen MR) is 104 cm³/mol. The number of halogens is 1. The molecule has 0 atom stereocenters. The summed E-state index contributed by atoms with van der Waals surface area (Å²) in [5.41, 5.74) is 5.29. The highest BCUT2D eigenvalue weighted by Gasteiger charge is 2.13. The number of amides is 1. The molecule has 1 amide bonds. The Morgan fingerprint density at radius 3 is 2.97 bits per heavy atom. The Morgan fingerprint density at radius 2 is 2.14 bits per heavy atom. The highest BCUT2D eigenvalue weighted by Crippen LogP contribution is 2.19. The number of carbonyl (C=O) groups is 1. The number of aromatic nitrogens is 5. The molecule has 0 radical (unpaired) electrons. The maximum absolute atomic E-state index is 14.5. The number of pyridine rings is 2. The quantitative estimate of drug-likeness (QED) is 0.422. The molecule has 0 bridgehead atoms. The lowest BCUT2D eigenvalue weighted by atomic mass is 10.1. The first-order valence-electron chi connectivity index (χ1n) is 8.67. The first kappa shape index (κ1) is 18.4. The van der Waals surface area contributed by atoms with Crippen molar-refractivity contribution in [3.63, 3.8) is 0 Å². The Kier molecular flexibility index (Phi) is 4.82. The largest absolute Gasteiger partial charge is 0.452 e. The number of rotatable bonds is 4. The molecule has 0 saturated carbocycles. The van der Waals surface area contributed by atoms with Gasteiger partial charge in [-0.05, 0) is 31.2 Å². The average Bonchev–Trinajstić information content (AvgIpc) is 3.14. The molecule has 3 aromatic heterocycles. The third kappa shape index (κ3) is 3.72. The Bertz CT molecular complexity index is 1250. The minimum Gasteiger partial charge on any atom is -0.452 e. The Labute approximate surface area is 164 Å². The van der Waals surface area contributed by atoms with Gasteiger partial charge in [-0.3, -0.25) is 4.98 Å². The number of carbonyl (C=O) groups excluding carboxylic acids is 1. The lowest BCUT2D eigenvalue weighted by Crippen LogP contribution is -2.19. The molecule has 3 heterocycles. The first-order valence-corrected chi connectivity index (χ1v) is 8.67. The van der Waals surface area contributed by atoms with Gasteiger partial charge < -0.3 is 4.74 Å². The summed E-state index contributed by atoms with van der Waals surface area (Å²) in [5.74, 6) is -0.379. The van der Waals surface area contributed by atoms with Crippen LogP contribution in [-0.2, 0) is 11.3 Å². The summed E-state index contributed by atoms with van der Waals surface area (Å²) in [7, 11) is 1.25. The second kappa shape index (κ2) is 7.58. The molecular formula is C19H16FN7O2. The number of ether oxygens (including phenoxy) is 1. The summed E-state index contributed by atoms with van der Waals surface area (Å²) in [4.78, 5) is 19.8. The molecule has 0 aliphatic heterocycles. The Hall–Kier alpha value is -3.95. The van der Waals surface area contributed by atoms with E-state index < -0.39 is 6.09 Å². The fraction of sp³-hybridized carbons (Fsp3) is 0.158. The standard InChI is InChI=1S/C19H16FN7O2/c1-11(23-25-19(28)29-2)15-5-6-16-18(22-15)27(26-24-16)10-13-8-12-4-3-7-21-17(12)9-14(13)20/h3-9H,10H2,1-2H3,(H,25,28)/b23-11+. The number of hydrogen-bond acceptors (Lipinski definition) is 7. The van der Waals surface area contributed by atoms with Crippen molar-refractivity contribution in [2.24, 2.45) is 5.10 Å². The molecule has 0 unspecified atom stereocenters. The number of hydrogen-bond donors (Lipinski definition) is 1. The van der Waals surface area contributed by atoms with Crippen molar-refractivity contribution in [1.82, 2.24) is 30.4 Å². The lowest BCUT2D eigenvalue weighted by Gasteiger charge is -2.07. The van der Waals surface area contributed by atoms with Crippen LogP contribution in [-0.4, -0.2) is 43.9 Å². The summed E-state index contributed by atoms with van der Waals surface area (Å²) in [6, 6.07) is 10.3. The molecule has 4 aromatic rings. The van der Waals surface area contributed by atoms with Crippen molar-refractivity contribution in [2.75, 3.05) is 7.11 Å². The van der Waals surface area contributed by atoms with E-state index in [4.69, 9.17) is 0 Å². The van der Waals surface area contributed by atoms with Crippen LogP contribution in [0, 0.1) is 5.82 Å². The maximum atomic E-state index is 14.5. The van der Waals surface area contributed by atoms with E-state index in [1.165, 1.54) is 17.9 Å². The van der Waals surface area contributed by atoms with Crippen molar-refractivity contribution in [2.45, 2.75) is 13.5 Å². The predicted octanol–water partition coefficient (Wildman–Crippen LogP) is 2.64. The monoisotopic (exact) mass is 393 g/mol. The molecule has 4 rings (SSSR count). The van der Waals surface area contributed by atoms with Crippen LogP contribution in [0.15, 0.2) is 47.7 Å². The smallest absolute Gasteiger partial charge is 0.427 e. The van der Waals surface area contributed by atoms with Gasteiger partial charge in [0.15, 0.2) is 5.65 Å². The zero-order valence-corrected chi connectivity index (χ0v) is 15.6. The zero-order chi connectivity index (χ0) is 20.4. The summed E-state index contributed by atoms with van der Waals surface area (Å²) in [6.07, 6.45) is 0.940. The molecule has 9 nitrogen and oxygen atoms in total. The first-order chi connectivity index (χ1) is 14.0. The van der Waals surface area contributed by atoms with Crippen molar-refractivity contribution < 1.29 is 13.9 Å². The normalized spacial score (nSPS) is 11.8. The molecule has 0 spiro atoms. The number of nitrogens with zero attached hydrogens (tertiary/aromatic N) is 6. The van der Waals surface area contributed by atoms with Crippen LogP contribution in [0.1, 0.15) is 18.2 Å². The van der Waals surface area contributed by atoms with Gasteiger partial charge in [-0.1, -0.05) is 11.3 Å². The number of methoxy groups -OCH3 is 1. The van der Waals surface area contributed by atoms with Gasteiger partial charge in [-0.2, -0.15) is 5.10 Å². The Morgan fingerprint density at radius 1 is 1.28 bits per heavy atom. The van der Waals surface area contributed by atoms with Crippen LogP contribution in [0.3, 0.4) is 0 Å². The molecule has 29 heavy (non-hydrogen) atoms. The molecule has 10 heteroatoms. The van der Waals surface area contributed by atoms with Gasteiger partial charge in [0.1, 0.15) is 11.3 Å². The van der Waals surface area contributed by atoms with Gasteiger partial charge in [0.2, 0.25) is 0 Å². The number of hydrazone groups is 1. The average molecular weight is 393 g/mol. The van der Waals surface area contributed by atoms with Gasteiger partial charge in [0.25, 0.3) is 0 Å². The molecule has 0 aliphatic carbocycles. The molecule has 146 valence electrons. The van der Waals surface area contributed by atoms with E-state index in [0.717, 1.165) is 5.39 Å². The molecule has 1 aromatic carbocycles. The highest BCUT2D eigenvalue weighted by atomic mass is 19.1. The van der Waals surface area contributed by atoms with E-state index >= 15 is 0 Å². The summed E-state index contributed by atoms with van der Waals surface area (Å²) >= 11 is 0. The minimum absolute atomic E-state index is 0.153.